The Kier molecular flexibility index (Phi) is 4.11. The Morgan fingerprint density at radius 2 is 2.16 bits per heavy atom. The number of aromatic nitrogens is 2. The van der Waals surface area contributed by atoms with Gasteiger partial charge in [-0.15, -0.1) is 11.8 Å². The van der Waals surface area contributed by atoms with Gasteiger partial charge in [0.1, 0.15) is 6.26 Å². The highest BCUT2D eigenvalue weighted by molar-refractivity contribution is 7.98. The number of hydrogen-bond donors (Lipinski definition) is 1. The number of rotatable bonds is 4. The van der Waals surface area contributed by atoms with E-state index in [2.05, 4.69) is 9.97 Å². The van der Waals surface area contributed by atoms with Crippen molar-refractivity contribution in [3.8, 4) is 11.5 Å². The molecule has 0 atom stereocenters. The van der Waals surface area contributed by atoms with Gasteiger partial charge in [0.05, 0.1) is 22.8 Å². The third-order valence-electron chi connectivity index (χ3n) is 2.25. The molecule has 2 heterocycles. The van der Waals surface area contributed by atoms with Crippen molar-refractivity contribution < 1.29 is 22.7 Å². The Balaban J connectivity index is 2.34. The van der Waals surface area contributed by atoms with Gasteiger partial charge < -0.3 is 9.52 Å². The highest BCUT2D eigenvalue weighted by Gasteiger charge is 2.34. The monoisotopic (exact) mass is 290 g/mol. The molecular weight excluding hydrogens is 281 g/mol. The molecule has 0 aromatic carbocycles. The summed E-state index contributed by atoms with van der Waals surface area (Å²) in [5, 5.41) is 8.65. The molecule has 0 amide bonds. The molecule has 2 aromatic heterocycles. The third-order valence-corrected chi connectivity index (χ3v) is 2.93. The molecule has 0 saturated heterocycles. The van der Waals surface area contributed by atoms with Crippen LogP contribution >= 0.6 is 11.8 Å². The highest BCUT2D eigenvalue weighted by Crippen LogP contribution is 2.36. The van der Waals surface area contributed by atoms with Gasteiger partial charge in [-0.05, 0) is 6.07 Å². The van der Waals surface area contributed by atoms with E-state index in [0.29, 0.717) is 11.4 Å². The number of pyridine rings is 1. The number of alkyl halides is 3. The van der Waals surface area contributed by atoms with Crippen molar-refractivity contribution in [3.05, 3.63) is 36.0 Å². The quantitative estimate of drug-likeness (QED) is 0.877. The molecule has 4 nitrogen and oxygen atoms in total. The molecule has 102 valence electrons. The molecular formula is C11H9F3N2O2S. The molecule has 0 spiro atoms. The number of aliphatic hydroxyl groups is 1. The average Bonchev–Trinajstić information content (AvgIpc) is 2.84. The zero-order chi connectivity index (χ0) is 13.9. The third kappa shape index (κ3) is 3.27. The summed E-state index contributed by atoms with van der Waals surface area (Å²) in [5.41, 5.74) is -0.577. The minimum absolute atomic E-state index is 0.0944. The second kappa shape index (κ2) is 5.62. The van der Waals surface area contributed by atoms with E-state index in [1.165, 1.54) is 18.0 Å². The summed E-state index contributed by atoms with van der Waals surface area (Å²) < 4.78 is 43.5. The molecule has 0 aliphatic carbocycles. The molecule has 0 bridgehead atoms. The first-order valence-electron chi connectivity index (χ1n) is 5.17. The summed E-state index contributed by atoms with van der Waals surface area (Å²) in [6.07, 6.45) is -1.09. The number of oxazole rings is 1. The second-order valence-electron chi connectivity index (χ2n) is 3.54. The lowest BCUT2D eigenvalue weighted by Crippen LogP contribution is -2.07. The van der Waals surface area contributed by atoms with Crippen LogP contribution in [0.15, 0.2) is 29.1 Å². The van der Waals surface area contributed by atoms with Gasteiger partial charge >= 0.3 is 6.18 Å². The molecule has 1 N–H and O–H groups in total. The van der Waals surface area contributed by atoms with Crippen LogP contribution < -0.4 is 0 Å². The fraction of sp³-hybridized carbons (Fsp3) is 0.273. The molecule has 8 heteroatoms. The standard InChI is InChI=1S/C11H9F3N2O2S/c12-11(13,14)9-1-2-15-3-8(9)10-16-7(4-18-10)5-19-6-17/h1-4,17H,5-6H2. The van der Waals surface area contributed by atoms with Gasteiger partial charge in [0.2, 0.25) is 5.89 Å². The Morgan fingerprint density at radius 3 is 2.84 bits per heavy atom. The van der Waals surface area contributed by atoms with Crippen molar-refractivity contribution in [1.82, 2.24) is 9.97 Å². The Morgan fingerprint density at radius 1 is 1.37 bits per heavy atom. The molecule has 0 unspecified atom stereocenters. The zero-order valence-electron chi connectivity index (χ0n) is 9.52. The smallest absolute Gasteiger partial charge is 0.417 e. The lowest BCUT2D eigenvalue weighted by atomic mass is 10.1. The molecule has 2 aromatic rings. The first-order valence-corrected chi connectivity index (χ1v) is 6.32. The number of halogens is 3. The van der Waals surface area contributed by atoms with Gasteiger partial charge in [0, 0.05) is 18.1 Å². The number of hydrogen-bond acceptors (Lipinski definition) is 5. The van der Waals surface area contributed by atoms with Crippen LogP contribution in [-0.2, 0) is 11.9 Å². The summed E-state index contributed by atoms with van der Waals surface area (Å²) in [7, 11) is 0. The molecule has 19 heavy (non-hydrogen) atoms. The van der Waals surface area contributed by atoms with E-state index < -0.39 is 11.7 Å². The largest absolute Gasteiger partial charge is 0.444 e. The summed E-state index contributed by atoms with van der Waals surface area (Å²) in [5.74, 6) is 0.138. The van der Waals surface area contributed by atoms with E-state index in [0.717, 1.165) is 18.5 Å². The van der Waals surface area contributed by atoms with Gasteiger partial charge in [-0.1, -0.05) is 0 Å². The Hall–Kier alpha value is -1.54. The molecule has 0 saturated carbocycles. The predicted octanol–water partition coefficient (Wildman–Crippen LogP) is 2.94. The summed E-state index contributed by atoms with van der Waals surface area (Å²) in [6, 6.07) is 0.877. The maximum absolute atomic E-state index is 12.8. The Labute approximate surface area is 110 Å². The maximum atomic E-state index is 12.8. The maximum Gasteiger partial charge on any atom is 0.417 e. The SMILES string of the molecule is OCSCc1coc(-c2cnccc2C(F)(F)F)n1. The molecule has 2 rings (SSSR count). The number of thioether (sulfide) groups is 1. The van der Waals surface area contributed by atoms with Crippen molar-refractivity contribution in [3.63, 3.8) is 0 Å². The van der Waals surface area contributed by atoms with Crippen molar-refractivity contribution in [2.24, 2.45) is 0 Å². The predicted molar refractivity (Wildman–Crippen MR) is 63.1 cm³/mol. The molecule has 0 aliphatic rings. The van der Waals surface area contributed by atoms with Crippen LogP contribution in [0.1, 0.15) is 11.3 Å². The highest BCUT2D eigenvalue weighted by atomic mass is 32.2. The topological polar surface area (TPSA) is 59.2 Å². The first-order chi connectivity index (χ1) is 9.02. The first kappa shape index (κ1) is 13.9. The van der Waals surface area contributed by atoms with Gasteiger partial charge in [-0.25, -0.2) is 4.98 Å². The van der Waals surface area contributed by atoms with E-state index in [1.807, 2.05) is 0 Å². The molecule has 0 aliphatic heterocycles. The molecule has 0 radical (unpaired) electrons. The van der Waals surface area contributed by atoms with Gasteiger partial charge in [0.15, 0.2) is 0 Å². The van der Waals surface area contributed by atoms with E-state index in [4.69, 9.17) is 9.52 Å². The number of nitrogens with zero attached hydrogens (tertiary/aromatic N) is 2. The second-order valence-corrected chi connectivity index (χ2v) is 4.50. The van der Waals surface area contributed by atoms with Crippen LogP contribution in [0.2, 0.25) is 0 Å². The normalized spacial score (nSPS) is 11.8. The van der Waals surface area contributed by atoms with Crippen LogP contribution in [0.3, 0.4) is 0 Å². The van der Waals surface area contributed by atoms with Gasteiger partial charge in [0.25, 0.3) is 0 Å². The zero-order valence-corrected chi connectivity index (χ0v) is 10.3. The fourth-order valence-electron chi connectivity index (χ4n) is 1.46. The summed E-state index contributed by atoms with van der Waals surface area (Å²) in [6.45, 7) is 0. The van der Waals surface area contributed by atoms with Crippen LogP contribution in [0.25, 0.3) is 11.5 Å². The van der Waals surface area contributed by atoms with Crippen LogP contribution in [0, 0.1) is 0 Å². The van der Waals surface area contributed by atoms with Gasteiger partial charge in [-0.3, -0.25) is 4.98 Å². The number of aliphatic hydroxyl groups excluding tert-OH is 1. The fourth-order valence-corrected chi connectivity index (χ4v) is 1.89. The van der Waals surface area contributed by atoms with E-state index in [1.54, 1.807) is 0 Å². The van der Waals surface area contributed by atoms with Crippen LogP contribution in [0.4, 0.5) is 13.2 Å². The van der Waals surface area contributed by atoms with Crippen molar-refractivity contribution in [2.45, 2.75) is 11.9 Å². The minimum atomic E-state index is -4.49. The summed E-state index contributed by atoms with van der Waals surface area (Å²) >= 11 is 1.17. The van der Waals surface area contributed by atoms with Crippen molar-refractivity contribution >= 4 is 11.8 Å². The van der Waals surface area contributed by atoms with E-state index in [-0.39, 0.29) is 17.4 Å². The van der Waals surface area contributed by atoms with E-state index in [9.17, 15) is 13.2 Å². The lowest BCUT2D eigenvalue weighted by Gasteiger charge is -2.09. The summed E-state index contributed by atoms with van der Waals surface area (Å²) in [4.78, 5) is 7.61. The van der Waals surface area contributed by atoms with Crippen LogP contribution in [0.5, 0.6) is 0 Å². The van der Waals surface area contributed by atoms with Crippen molar-refractivity contribution in [2.75, 3.05) is 5.94 Å². The van der Waals surface area contributed by atoms with Crippen LogP contribution in [-0.4, -0.2) is 21.0 Å². The minimum Gasteiger partial charge on any atom is -0.444 e. The van der Waals surface area contributed by atoms with E-state index >= 15 is 0 Å². The average molecular weight is 290 g/mol. The lowest BCUT2D eigenvalue weighted by molar-refractivity contribution is -0.137. The molecule has 0 fully saturated rings. The Bertz CT molecular complexity index is 557. The van der Waals surface area contributed by atoms with Crippen molar-refractivity contribution in [1.29, 1.82) is 0 Å². The van der Waals surface area contributed by atoms with Gasteiger partial charge in [-0.2, -0.15) is 13.2 Å².